The molecule has 6 nitrogen and oxygen atoms in total. The highest BCUT2D eigenvalue weighted by atomic mass is 16.6. The van der Waals surface area contributed by atoms with E-state index in [2.05, 4.69) is 0 Å². The van der Waals surface area contributed by atoms with Gasteiger partial charge in [0.25, 0.3) is 5.54 Å². The fraction of sp³-hybridized carbons (Fsp3) is 0.133. The van der Waals surface area contributed by atoms with Gasteiger partial charge in [0.05, 0.1) is 11.6 Å². The Morgan fingerprint density at radius 2 is 1.19 bits per heavy atom. The summed E-state index contributed by atoms with van der Waals surface area (Å²) in [6.07, 6.45) is 0. The minimum absolute atomic E-state index is 0.342. The van der Waals surface area contributed by atoms with Gasteiger partial charge in [0.2, 0.25) is 11.8 Å². The zero-order valence-electron chi connectivity index (χ0n) is 19.1. The number of hydrogen-bond donors (Lipinski definition) is 0. The number of rotatable bonds is 3. The first-order chi connectivity index (χ1) is 17.5. The van der Waals surface area contributed by atoms with Crippen molar-refractivity contribution in [1.29, 1.82) is 0 Å². The average molecular weight is 473 g/mol. The van der Waals surface area contributed by atoms with Crippen LogP contribution in [0.2, 0.25) is 0 Å². The molecule has 1 saturated heterocycles. The Balaban J connectivity index is 1.41. The van der Waals surface area contributed by atoms with Crippen molar-refractivity contribution in [2.45, 2.75) is 11.5 Å². The van der Waals surface area contributed by atoms with Crippen molar-refractivity contribution >= 4 is 17.5 Å². The lowest BCUT2D eigenvalue weighted by Gasteiger charge is -2.48. The highest BCUT2D eigenvalue weighted by molar-refractivity contribution is 6.23. The average Bonchev–Trinajstić information content (AvgIpc) is 3.19. The summed E-state index contributed by atoms with van der Waals surface area (Å²) in [5.74, 6) is -3.24. The second kappa shape index (κ2) is 7.21. The number of benzene rings is 4. The van der Waals surface area contributed by atoms with Crippen molar-refractivity contribution in [3.05, 3.63) is 135 Å². The Bertz CT molecular complexity index is 1530. The molecule has 0 spiro atoms. The van der Waals surface area contributed by atoms with Gasteiger partial charge in [-0.3, -0.25) is 19.7 Å². The Labute approximate surface area is 207 Å². The Kier molecular flexibility index (Phi) is 4.16. The maximum absolute atomic E-state index is 14.0. The summed E-state index contributed by atoms with van der Waals surface area (Å²) in [4.78, 5) is 41.8. The number of amides is 2. The van der Waals surface area contributed by atoms with Gasteiger partial charge >= 0.3 is 0 Å². The number of carbonyl (C=O) groups excluding carboxylic acids is 2. The quantitative estimate of drug-likeness (QED) is 0.235. The number of carbonyl (C=O) groups is 2. The first-order valence-electron chi connectivity index (χ1n) is 11.9. The van der Waals surface area contributed by atoms with Gasteiger partial charge in [-0.05, 0) is 34.4 Å². The van der Waals surface area contributed by atoms with E-state index in [0.717, 1.165) is 22.3 Å². The molecule has 4 aromatic rings. The maximum Gasteiger partial charge on any atom is 0.285 e. The van der Waals surface area contributed by atoms with Crippen molar-refractivity contribution in [2.75, 3.05) is 4.90 Å². The van der Waals surface area contributed by atoms with E-state index in [4.69, 9.17) is 0 Å². The number of anilines is 1. The van der Waals surface area contributed by atoms with Crippen molar-refractivity contribution in [1.82, 2.24) is 0 Å². The van der Waals surface area contributed by atoms with E-state index in [1.54, 1.807) is 36.4 Å². The zero-order valence-corrected chi connectivity index (χ0v) is 19.1. The van der Waals surface area contributed by atoms with Crippen molar-refractivity contribution in [3.63, 3.8) is 0 Å². The molecule has 4 aliphatic rings. The topological polar surface area (TPSA) is 80.5 Å². The summed E-state index contributed by atoms with van der Waals surface area (Å²) in [7, 11) is 0. The first-order valence-corrected chi connectivity index (χ1v) is 11.9. The summed E-state index contributed by atoms with van der Waals surface area (Å²) >= 11 is 0. The van der Waals surface area contributed by atoms with E-state index < -0.39 is 29.2 Å². The summed E-state index contributed by atoms with van der Waals surface area (Å²) in [6.45, 7) is 0. The molecule has 0 radical (unpaired) electrons. The standard InChI is InChI=1S/C30H20N2O4/c33-28-26-25-21-10-4-6-12-23(21)30(32(35)36,24-13-7-5-11-22(24)25)27(26)29(34)31(28)20-16-14-19(15-17-20)18-8-2-1-3-9-18/h1-17,25-27H/t25?,26-,27-,30?/m1/s1. The number of nitro groups is 1. The monoisotopic (exact) mass is 472 g/mol. The molecule has 4 aromatic carbocycles. The number of hydrogen-bond acceptors (Lipinski definition) is 4. The third kappa shape index (κ3) is 2.40. The van der Waals surface area contributed by atoms with Gasteiger partial charge in [-0.1, -0.05) is 91.0 Å². The van der Waals surface area contributed by atoms with E-state index in [-0.39, 0.29) is 10.8 Å². The molecular formula is C30H20N2O4. The summed E-state index contributed by atoms with van der Waals surface area (Å²) in [5, 5.41) is 13.0. The third-order valence-corrected chi connectivity index (χ3v) is 8.09. The lowest BCUT2D eigenvalue weighted by molar-refractivity contribution is -0.578. The molecule has 36 heavy (non-hydrogen) atoms. The van der Waals surface area contributed by atoms with E-state index >= 15 is 0 Å². The minimum Gasteiger partial charge on any atom is -0.274 e. The van der Waals surface area contributed by atoms with Gasteiger partial charge in [-0.25, -0.2) is 4.90 Å². The zero-order chi connectivity index (χ0) is 24.6. The van der Waals surface area contributed by atoms with Gasteiger partial charge in [0.1, 0.15) is 5.92 Å². The molecule has 1 aliphatic heterocycles. The number of nitrogens with zero attached hydrogens (tertiary/aromatic N) is 2. The molecule has 2 atom stereocenters. The molecule has 0 saturated carbocycles. The predicted octanol–water partition coefficient (Wildman–Crippen LogP) is 5.14. The molecule has 174 valence electrons. The van der Waals surface area contributed by atoms with Crippen molar-refractivity contribution in [3.8, 4) is 11.1 Å². The van der Waals surface area contributed by atoms with Crippen LogP contribution in [0, 0.1) is 22.0 Å². The van der Waals surface area contributed by atoms with Crippen LogP contribution in [0.4, 0.5) is 5.69 Å². The van der Waals surface area contributed by atoms with E-state index in [1.165, 1.54) is 4.90 Å². The van der Waals surface area contributed by atoms with E-state index in [0.29, 0.717) is 16.8 Å². The van der Waals surface area contributed by atoms with Crippen LogP contribution in [0.1, 0.15) is 28.2 Å². The van der Waals surface area contributed by atoms with Gasteiger partial charge in [-0.2, -0.15) is 0 Å². The second-order valence-corrected chi connectivity index (χ2v) is 9.60. The SMILES string of the molecule is O=C1[C@@H]2C3c4ccccc4C([N+](=O)[O-])(c4ccccc43)[C@H]2C(=O)N1c1ccc(-c2ccccc2)cc1. The molecule has 2 bridgehead atoms. The molecular weight excluding hydrogens is 452 g/mol. The molecule has 1 heterocycles. The van der Waals surface area contributed by atoms with E-state index in [9.17, 15) is 19.7 Å². The molecule has 0 aromatic heterocycles. The maximum atomic E-state index is 14.0. The van der Waals surface area contributed by atoms with Gasteiger partial charge in [-0.15, -0.1) is 0 Å². The Hall–Kier alpha value is -4.58. The minimum atomic E-state index is -1.81. The van der Waals surface area contributed by atoms with Crippen LogP contribution in [0.25, 0.3) is 11.1 Å². The van der Waals surface area contributed by atoms with Crippen LogP contribution in [-0.2, 0) is 15.1 Å². The summed E-state index contributed by atoms with van der Waals surface area (Å²) in [6, 6.07) is 31.5. The molecule has 0 N–H and O–H groups in total. The normalized spacial score (nSPS) is 25.3. The second-order valence-electron chi connectivity index (χ2n) is 9.60. The molecule has 1 fully saturated rings. The highest BCUT2D eigenvalue weighted by Crippen LogP contribution is 2.64. The van der Waals surface area contributed by atoms with Gasteiger partial charge in [0.15, 0.2) is 0 Å². The lowest BCUT2D eigenvalue weighted by atomic mass is 9.51. The highest BCUT2D eigenvalue weighted by Gasteiger charge is 2.74. The van der Waals surface area contributed by atoms with Crippen LogP contribution >= 0.6 is 0 Å². The molecule has 6 heteroatoms. The van der Waals surface area contributed by atoms with Crippen LogP contribution in [0.3, 0.4) is 0 Å². The number of imide groups is 1. The largest absolute Gasteiger partial charge is 0.285 e. The predicted molar refractivity (Wildman–Crippen MR) is 134 cm³/mol. The van der Waals surface area contributed by atoms with Gasteiger partial charge in [0, 0.05) is 22.0 Å². The van der Waals surface area contributed by atoms with Crippen molar-refractivity contribution < 1.29 is 14.5 Å². The first kappa shape index (κ1) is 20.8. The summed E-state index contributed by atoms with van der Waals surface area (Å²) < 4.78 is 0. The summed E-state index contributed by atoms with van der Waals surface area (Å²) in [5.41, 5.74) is 3.16. The third-order valence-electron chi connectivity index (χ3n) is 8.09. The molecule has 3 aliphatic carbocycles. The van der Waals surface area contributed by atoms with Crippen LogP contribution in [0.15, 0.2) is 103 Å². The van der Waals surface area contributed by atoms with Crippen LogP contribution < -0.4 is 4.90 Å². The lowest BCUT2D eigenvalue weighted by Crippen LogP contribution is -2.57. The molecule has 0 unspecified atom stereocenters. The Morgan fingerprint density at radius 3 is 1.78 bits per heavy atom. The van der Waals surface area contributed by atoms with Crippen LogP contribution in [-0.4, -0.2) is 16.7 Å². The fourth-order valence-corrected chi connectivity index (χ4v) is 6.73. The Morgan fingerprint density at radius 1 is 0.667 bits per heavy atom. The van der Waals surface area contributed by atoms with Crippen LogP contribution in [0.5, 0.6) is 0 Å². The van der Waals surface area contributed by atoms with E-state index in [1.807, 2.05) is 66.7 Å². The van der Waals surface area contributed by atoms with Gasteiger partial charge < -0.3 is 0 Å². The smallest absolute Gasteiger partial charge is 0.274 e. The molecule has 8 rings (SSSR count). The molecule has 2 amide bonds. The fourth-order valence-electron chi connectivity index (χ4n) is 6.73. The van der Waals surface area contributed by atoms with Crippen molar-refractivity contribution in [2.24, 2.45) is 11.8 Å².